The average molecular weight is 246 g/mol. The summed E-state index contributed by atoms with van der Waals surface area (Å²) in [4.78, 5) is 4.91. The van der Waals surface area contributed by atoms with Crippen LogP contribution in [0, 0.1) is 0 Å². The predicted octanol–water partition coefficient (Wildman–Crippen LogP) is 0.506. The van der Waals surface area contributed by atoms with Crippen molar-refractivity contribution in [3.05, 3.63) is 24.3 Å². The molecule has 1 aromatic rings. The van der Waals surface area contributed by atoms with E-state index in [-0.39, 0.29) is 0 Å². The molecule has 0 aromatic heterocycles. The van der Waals surface area contributed by atoms with Crippen molar-refractivity contribution in [3.63, 3.8) is 0 Å². The number of hydrogen-bond acceptors (Lipinski definition) is 4. The van der Waals surface area contributed by atoms with Crippen LogP contribution in [0.3, 0.4) is 0 Å². The molecule has 0 bridgehead atoms. The zero-order valence-electron chi connectivity index (χ0n) is 10.9. The zero-order valence-corrected chi connectivity index (χ0v) is 10.9. The number of anilines is 2. The molecule has 2 fully saturated rings. The van der Waals surface area contributed by atoms with Crippen LogP contribution in [-0.2, 0) is 0 Å². The largest absolute Gasteiger partial charge is 0.369 e. The SMILES string of the molecule is c1cc(N2CCNCC2)ccc1N1CCNCC1. The summed E-state index contributed by atoms with van der Waals surface area (Å²) in [6, 6.07) is 9.07. The van der Waals surface area contributed by atoms with Crippen LogP contribution >= 0.6 is 0 Å². The van der Waals surface area contributed by atoms with Gasteiger partial charge in [0.15, 0.2) is 0 Å². The lowest BCUT2D eigenvalue weighted by molar-refractivity contribution is 0.586. The van der Waals surface area contributed by atoms with Gasteiger partial charge in [0.1, 0.15) is 0 Å². The number of nitrogens with one attached hydrogen (secondary N) is 2. The van der Waals surface area contributed by atoms with E-state index in [0.29, 0.717) is 0 Å². The molecule has 4 heteroatoms. The van der Waals surface area contributed by atoms with E-state index in [9.17, 15) is 0 Å². The fourth-order valence-electron chi connectivity index (χ4n) is 2.72. The summed E-state index contributed by atoms with van der Waals surface area (Å²) < 4.78 is 0. The maximum Gasteiger partial charge on any atom is 0.0368 e. The van der Waals surface area contributed by atoms with Crippen LogP contribution < -0.4 is 20.4 Å². The molecule has 0 atom stereocenters. The van der Waals surface area contributed by atoms with Gasteiger partial charge in [0.25, 0.3) is 0 Å². The lowest BCUT2D eigenvalue weighted by Crippen LogP contribution is -2.44. The highest BCUT2D eigenvalue weighted by Gasteiger charge is 2.12. The lowest BCUT2D eigenvalue weighted by Gasteiger charge is -2.32. The number of nitrogens with zero attached hydrogens (tertiary/aromatic N) is 2. The molecule has 2 aliphatic heterocycles. The molecule has 2 saturated heterocycles. The molecule has 0 unspecified atom stereocenters. The van der Waals surface area contributed by atoms with Crippen LogP contribution in [0.5, 0.6) is 0 Å². The summed E-state index contributed by atoms with van der Waals surface area (Å²) in [5, 5.41) is 6.78. The van der Waals surface area contributed by atoms with Gasteiger partial charge < -0.3 is 20.4 Å². The van der Waals surface area contributed by atoms with Crippen LogP contribution in [0.25, 0.3) is 0 Å². The molecule has 2 heterocycles. The van der Waals surface area contributed by atoms with Gasteiger partial charge in [-0.05, 0) is 24.3 Å². The van der Waals surface area contributed by atoms with Crippen LogP contribution in [-0.4, -0.2) is 52.4 Å². The Morgan fingerprint density at radius 3 is 1.28 bits per heavy atom. The molecule has 98 valence electrons. The first-order valence-electron chi connectivity index (χ1n) is 6.95. The Balaban J connectivity index is 1.67. The number of piperazine rings is 2. The first kappa shape index (κ1) is 11.8. The van der Waals surface area contributed by atoms with Crippen LogP contribution in [0.1, 0.15) is 0 Å². The number of hydrogen-bond donors (Lipinski definition) is 2. The molecule has 0 radical (unpaired) electrons. The molecule has 2 N–H and O–H groups in total. The van der Waals surface area contributed by atoms with E-state index in [1.807, 2.05) is 0 Å². The highest BCUT2D eigenvalue weighted by molar-refractivity contribution is 5.56. The minimum absolute atomic E-state index is 1.10. The summed E-state index contributed by atoms with van der Waals surface area (Å²) in [6.45, 7) is 8.86. The first-order valence-corrected chi connectivity index (χ1v) is 6.95. The van der Waals surface area contributed by atoms with E-state index in [4.69, 9.17) is 0 Å². The Labute approximate surface area is 109 Å². The maximum atomic E-state index is 3.39. The Kier molecular flexibility index (Phi) is 3.67. The van der Waals surface area contributed by atoms with Gasteiger partial charge in [0.05, 0.1) is 0 Å². The molecule has 0 aliphatic carbocycles. The minimum atomic E-state index is 1.10. The van der Waals surface area contributed by atoms with Gasteiger partial charge in [-0.2, -0.15) is 0 Å². The van der Waals surface area contributed by atoms with Gasteiger partial charge in [-0.25, -0.2) is 0 Å². The van der Waals surface area contributed by atoms with E-state index in [0.717, 1.165) is 52.4 Å². The van der Waals surface area contributed by atoms with E-state index in [2.05, 4.69) is 44.7 Å². The third kappa shape index (κ3) is 2.60. The molecule has 0 amide bonds. The van der Waals surface area contributed by atoms with Crippen molar-refractivity contribution >= 4 is 11.4 Å². The van der Waals surface area contributed by atoms with Crippen molar-refractivity contribution < 1.29 is 0 Å². The van der Waals surface area contributed by atoms with Crippen LogP contribution in [0.2, 0.25) is 0 Å². The third-order valence-corrected chi connectivity index (χ3v) is 3.81. The van der Waals surface area contributed by atoms with Gasteiger partial charge in [0.2, 0.25) is 0 Å². The quantitative estimate of drug-likeness (QED) is 0.796. The second-order valence-corrected chi connectivity index (χ2v) is 4.99. The minimum Gasteiger partial charge on any atom is -0.369 e. The van der Waals surface area contributed by atoms with Gasteiger partial charge in [-0.15, -0.1) is 0 Å². The predicted molar refractivity (Wildman–Crippen MR) is 76.6 cm³/mol. The van der Waals surface area contributed by atoms with E-state index in [1.54, 1.807) is 0 Å². The summed E-state index contributed by atoms with van der Waals surface area (Å²) in [6.07, 6.45) is 0. The maximum absolute atomic E-state index is 3.39. The fourth-order valence-corrected chi connectivity index (χ4v) is 2.72. The monoisotopic (exact) mass is 246 g/mol. The molecule has 0 spiro atoms. The molecule has 2 aliphatic rings. The van der Waals surface area contributed by atoms with E-state index >= 15 is 0 Å². The van der Waals surface area contributed by atoms with E-state index < -0.39 is 0 Å². The van der Waals surface area contributed by atoms with Crippen molar-refractivity contribution in [2.45, 2.75) is 0 Å². The van der Waals surface area contributed by atoms with Crippen LogP contribution in [0.4, 0.5) is 11.4 Å². The second kappa shape index (κ2) is 5.59. The average Bonchev–Trinajstić information content (AvgIpc) is 2.49. The molecular formula is C14H22N4. The smallest absolute Gasteiger partial charge is 0.0368 e. The van der Waals surface area contributed by atoms with Crippen molar-refractivity contribution in [3.8, 4) is 0 Å². The standard InChI is InChI=1S/C14H22N4/c1-2-14(18-11-7-16-8-12-18)4-3-13(1)17-9-5-15-6-10-17/h1-4,15-16H,5-12H2. The normalized spacial score (nSPS) is 21.1. The third-order valence-electron chi connectivity index (χ3n) is 3.81. The van der Waals surface area contributed by atoms with E-state index in [1.165, 1.54) is 11.4 Å². The number of rotatable bonds is 2. The highest BCUT2D eigenvalue weighted by atomic mass is 15.2. The second-order valence-electron chi connectivity index (χ2n) is 4.99. The van der Waals surface area contributed by atoms with Gasteiger partial charge in [0, 0.05) is 63.7 Å². The fraction of sp³-hybridized carbons (Fsp3) is 0.571. The topological polar surface area (TPSA) is 30.5 Å². The Hall–Kier alpha value is -1.26. The van der Waals surface area contributed by atoms with Crippen LogP contribution in [0.15, 0.2) is 24.3 Å². The Morgan fingerprint density at radius 1 is 0.611 bits per heavy atom. The summed E-state index contributed by atoms with van der Waals surface area (Å²) in [5.41, 5.74) is 2.71. The number of benzene rings is 1. The Bertz CT molecular complexity index is 327. The van der Waals surface area contributed by atoms with Crippen molar-refractivity contribution in [2.24, 2.45) is 0 Å². The van der Waals surface area contributed by atoms with Crippen molar-refractivity contribution in [1.29, 1.82) is 0 Å². The van der Waals surface area contributed by atoms with Crippen molar-refractivity contribution in [2.75, 3.05) is 62.2 Å². The molecule has 1 aromatic carbocycles. The summed E-state index contributed by atoms with van der Waals surface area (Å²) in [5.74, 6) is 0. The summed E-state index contributed by atoms with van der Waals surface area (Å²) in [7, 11) is 0. The molecular weight excluding hydrogens is 224 g/mol. The first-order chi connectivity index (χ1) is 8.93. The van der Waals surface area contributed by atoms with Crippen molar-refractivity contribution in [1.82, 2.24) is 10.6 Å². The lowest BCUT2D eigenvalue weighted by atomic mass is 10.2. The Morgan fingerprint density at radius 2 is 0.944 bits per heavy atom. The van der Waals surface area contributed by atoms with Gasteiger partial charge in [-0.3, -0.25) is 0 Å². The molecule has 0 saturated carbocycles. The summed E-state index contributed by atoms with van der Waals surface area (Å²) >= 11 is 0. The van der Waals surface area contributed by atoms with Gasteiger partial charge >= 0.3 is 0 Å². The molecule has 4 nitrogen and oxygen atoms in total. The highest BCUT2D eigenvalue weighted by Crippen LogP contribution is 2.21. The zero-order chi connectivity index (χ0) is 12.2. The molecule has 18 heavy (non-hydrogen) atoms. The van der Waals surface area contributed by atoms with Gasteiger partial charge in [-0.1, -0.05) is 0 Å². The molecule has 3 rings (SSSR count).